The van der Waals surface area contributed by atoms with E-state index in [1.165, 1.54) is 5.39 Å². The standard InChI is InChI=1S/C17H17N2O.BrH/c1-13-18(2)9-10-19(13)17(12-20)16-8-7-14-5-3-4-6-15(14)11-16;/h3-12,17H,1-2H3;1H/q+1;/p-1. The monoisotopic (exact) mass is 344 g/mol. The molecule has 1 atom stereocenters. The number of carbonyl (C=O) groups is 1. The van der Waals surface area contributed by atoms with Crippen molar-refractivity contribution < 1.29 is 26.3 Å². The zero-order chi connectivity index (χ0) is 14.1. The third kappa shape index (κ3) is 2.76. The lowest BCUT2D eigenvalue weighted by molar-refractivity contribution is -0.704. The lowest BCUT2D eigenvalue weighted by Crippen LogP contribution is -3.00. The topological polar surface area (TPSA) is 25.9 Å². The van der Waals surface area contributed by atoms with Gasteiger partial charge in [-0.2, -0.15) is 0 Å². The molecule has 0 N–H and O–H groups in total. The summed E-state index contributed by atoms with van der Waals surface area (Å²) in [6.45, 7) is 2.01. The summed E-state index contributed by atoms with van der Waals surface area (Å²) in [6, 6.07) is 14.1. The van der Waals surface area contributed by atoms with E-state index in [1.54, 1.807) is 0 Å². The molecule has 108 valence electrons. The van der Waals surface area contributed by atoms with E-state index in [9.17, 15) is 4.79 Å². The number of hydrogen-bond donors (Lipinski definition) is 0. The first-order valence-electron chi connectivity index (χ1n) is 6.68. The minimum absolute atomic E-state index is 0. The van der Waals surface area contributed by atoms with Crippen molar-refractivity contribution in [3.63, 3.8) is 0 Å². The van der Waals surface area contributed by atoms with Crippen LogP contribution < -0.4 is 21.5 Å². The molecule has 0 aliphatic carbocycles. The summed E-state index contributed by atoms with van der Waals surface area (Å²) in [5.41, 5.74) is 1.01. The predicted octanol–water partition coefficient (Wildman–Crippen LogP) is -0.433. The first-order valence-corrected chi connectivity index (χ1v) is 6.68. The number of hydrogen-bond acceptors (Lipinski definition) is 1. The molecule has 0 aliphatic heterocycles. The number of imidazole rings is 1. The fraction of sp³-hybridized carbons (Fsp3) is 0.176. The molecule has 1 unspecified atom stereocenters. The highest BCUT2D eigenvalue weighted by atomic mass is 79.9. The second-order valence-electron chi connectivity index (χ2n) is 5.05. The van der Waals surface area contributed by atoms with E-state index in [1.807, 2.05) is 53.7 Å². The average Bonchev–Trinajstić information content (AvgIpc) is 2.80. The molecule has 0 fully saturated rings. The maximum atomic E-state index is 11.6. The Morgan fingerprint density at radius 2 is 1.86 bits per heavy atom. The smallest absolute Gasteiger partial charge is 0.253 e. The van der Waals surface area contributed by atoms with Crippen LogP contribution in [0.1, 0.15) is 17.4 Å². The Morgan fingerprint density at radius 3 is 2.48 bits per heavy atom. The van der Waals surface area contributed by atoms with Gasteiger partial charge in [-0.3, -0.25) is 4.79 Å². The van der Waals surface area contributed by atoms with Gasteiger partial charge >= 0.3 is 0 Å². The van der Waals surface area contributed by atoms with E-state index in [-0.39, 0.29) is 23.0 Å². The Balaban J connectivity index is 0.00000161. The molecule has 0 saturated carbocycles. The fourth-order valence-electron chi connectivity index (χ4n) is 2.56. The second kappa shape index (κ2) is 6.22. The minimum atomic E-state index is -0.277. The summed E-state index contributed by atoms with van der Waals surface area (Å²) in [5, 5.41) is 2.35. The molecule has 0 radical (unpaired) electrons. The van der Waals surface area contributed by atoms with Crippen LogP contribution in [0.25, 0.3) is 10.8 Å². The van der Waals surface area contributed by atoms with Gasteiger partial charge in [0.25, 0.3) is 5.82 Å². The number of carbonyl (C=O) groups excluding carboxylic acids is 1. The Bertz CT molecular complexity index is 779. The highest BCUT2D eigenvalue weighted by molar-refractivity contribution is 5.83. The maximum absolute atomic E-state index is 11.6. The van der Waals surface area contributed by atoms with Crippen molar-refractivity contribution in [2.24, 2.45) is 7.05 Å². The second-order valence-corrected chi connectivity index (χ2v) is 5.05. The molecule has 0 aliphatic rings. The van der Waals surface area contributed by atoms with E-state index in [2.05, 4.69) is 24.3 Å². The lowest BCUT2D eigenvalue weighted by Gasteiger charge is -2.10. The van der Waals surface area contributed by atoms with Crippen molar-refractivity contribution in [3.05, 3.63) is 66.2 Å². The van der Waals surface area contributed by atoms with Crippen molar-refractivity contribution in [2.75, 3.05) is 0 Å². The highest BCUT2D eigenvalue weighted by Crippen LogP contribution is 2.19. The molecule has 0 amide bonds. The van der Waals surface area contributed by atoms with Gasteiger partial charge in [0.15, 0.2) is 12.3 Å². The quantitative estimate of drug-likeness (QED) is 0.467. The molecule has 0 bridgehead atoms. The summed E-state index contributed by atoms with van der Waals surface area (Å²) in [4.78, 5) is 11.6. The number of nitrogens with zero attached hydrogens (tertiary/aromatic N) is 2. The number of aldehydes is 1. The molecule has 3 rings (SSSR count). The van der Waals surface area contributed by atoms with Crippen LogP contribution >= 0.6 is 0 Å². The van der Waals surface area contributed by atoms with Gasteiger partial charge in [0.1, 0.15) is 12.4 Å². The Hall–Kier alpha value is -1.94. The van der Waals surface area contributed by atoms with E-state index in [0.717, 1.165) is 23.1 Å². The minimum Gasteiger partial charge on any atom is -1.00 e. The van der Waals surface area contributed by atoms with Crippen molar-refractivity contribution in [3.8, 4) is 0 Å². The Labute approximate surface area is 134 Å². The molecule has 0 saturated heterocycles. The maximum Gasteiger partial charge on any atom is 0.253 e. The molecular weight excluding hydrogens is 328 g/mol. The van der Waals surface area contributed by atoms with E-state index < -0.39 is 0 Å². The van der Waals surface area contributed by atoms with Crippen molar-refractivity contribution in [1.29, 1.82) is 0 Å². The Morgan fingerprint density at radius 1 is 1.14 bits per heavy atom. The number of aryl methyl sites for hydroxylation is 1. The normalized spacial score (nSPS) is 11.9. The molecule has 2 aromatic carbocycles. The van der Waals surface area contributed by atoms with Crippen LogP contribution in [0.5, 0.6) is 0 Å². The summed E-state index contributed by atoms with van der Waals surface area (Å²) in [7, 11) is 1.98. The first-order chi connectivity index (χ1) is 9.70. The third-order valence-corrected chi connectivity index (χ3v) is 3.88. The predicted molar refractivity (Wildman–Crippen MR) is 78.5 cm³/mol. The lowest BCUT2D eigenvalue weighted by atomic mass is 10.0. The van der Waals surface area contributed by atoms with Crippen molar-refractivity contribution in [2.45, 2.75) is 13.0 Å². The Kier molecular flexibility index (Phi) is 4.58. The first kappa shape index (κ1) is 15.4. The van der Waals surface area contributed by atoms with Gasteiger partial charge in [-0.1, -0.05) is 36.4 Å². The summed E-state index contributed by atoms with van der Waals surface area (Å²) in [6.07, 6.45) is 4.91. The molecule has 1 heterocycles. The molecule has 0 spiro atoms. The molecule has 1 aromatic heterocycles. The van der Waals surface area contributed by atoms with Gasteiger partial charge in [0.05, 0.1) is 7.05 Å². The molecule has 21 heavy (non-hydrogen) atoms. The van der Waals surface area contributed by atoms with Crippen LogP contribution in [0.3, 0.4) is 0 Å². The van der Waals surface area contributed by atoms with Crippen molar-refractivity contribution in [1.82, 2.24) is 4.57 Å². The number of rotatable bonds is 3. The average molecular weight is 345 g/mol. The molecular formula is C17H17BrN2O. The largest absolute Gasteiger partial charge is 1.00 e. The van der Waals surface area contributed by atoms with Gasteiger partial charge in [0, 0.05) is 12.5 Å². The van der Waals surface area contributed by atoms with Gasteiger partial charge in [-0.15, -0.1) is 0 Å². The zero-order valence-corrected chi connectivity index (χ0v) is 13.6. The number of benzene rings is 2. The summed E-state index contributed by atoms with van der Waals surface area (Å²) < 4.78 is 4.01. The number of fused-ring (bicyclic) bond motifs is 1. The van der Waals surface area contributed by atoms with Gasteiger partial charge in [-0.05, 0) is 16.8 Å². The van der Waals surface area contributed by atoms with Crippen LogP contribution in [-0.4, -0.2) is 10.9 Å². The SMILES string of the molecule is Cc1n(C)cc[n+]1C(C=O)c1ccc2ccccc2c1.[Br-]. The number of halogens is 1. The number of aromatic nitrogens is 2. The summed E-state index contributed by atoms with van der Waals surface area (Å²) in [5.74, 6) is 1.05. The van der Waals surface area contributed by atoms with Gasteiger partial charge < -0.3 is 17.0 Å². The molecule has 3 aromatic rings. The zero-order valence-electron chi connectivity index (χ0n) is 12.0. The van der Waals surface area contributed by atoms with E-state index >= 15 is 0 Å². The van der Waals surface area contributed by atoms with Crippen LogP contribution in [0.15, 0.2) is 54.9 Å². The highest BCUT2D eigenvalue weighted by Gasteiger charge is 2.21. The van der Waals surface area contributed by atoms with Crippen LogP contribution in [-0.2, 0) is 11.8 Å². The third-order valence-electron chi connectivity index (χ3n) is 3.88. The molecule has 4 heteroatoms. The van der Waals surface area contributed by atoms with Gasteiger partial charge in [0.2, 0.25) is 0 Å². The van der Waals surface area contributed by atoms with Crippen LogP contribution in [0.2, 0.25) is 0 Å². The van der Waals surface area contributed by atoms with Gasteiger partial charge in [-0.25, -0.2) is 9.13 Å². The van der Waals surface area contributed by atoms with Crippen molar-refractivity contribution >= 4 is 17.1 Å². The summed E-state index contributed by atoms with van der Waals surface area (Å²) >= 11 is 0. The van der Waals surface area contributed by atoms with Crippen LogP contribution in [0, 0.1) is 6.92 Å². The molecule has 3 nitrogen and oxygen atoms in total. The van der Waals surface area contributed by atoms with E-state index in [0.29, 0.717) is 0 Å². The van der Waals surface area contributed by atoms with E-state index in [4.69, 9.17) is 0 Å². The van der Waals surface area contributed by atoms with Crippen LogP contribution in [0.4, 0.5) is 0 Å². The fourth-order valence-corrected chi connectivity index (χ4v) is 2.56.